The number of nitrogens with two attached hydrogens (primary N) is 1. The number of benzene rings is 2. The lowest BCUT2D eigenvalue weighted by Crippen LogP contribution is -2.33. The van der Waals surface area contributed by atoms with Gasteiger partial charge in [0.25, 0.3) is 5.69 Å². The molecule has 0 spiro atoms. The summed E-state index contributed by atoms with van der Waals surface area (Å²) in [4.78, 5) is 37.1. The van der Waals surface area contributed by atoms with Crippen LogP contribution >= 0.6 is 11.6 Å². The van der Waals surface area contributed by atoms with Crippen LogP contribution < -0.4 is 5.73 Å². The number of esters is 1. The molecule has 2 aromatic carbocycles. The molecule has 0 amide bonds. The van der Waals surface area contributed by atoms with Crippen LogP contribution in [0.3, 0.4) is 0 Å². The van der Waals surface area contributed by atoms with Gasteiger partial charge in [-0.25, -0.2) is 4.79 Å². The molecule has 1 aliphatic heterocycles. The number of hydrogen-bond donors (Lipinski definition) is 1. The Morgan fingerprint density at radius 2 is 1.94 bits per heavy atom. The van der Waals surface area contributed by atoms with Crippen LogP contribution in [-0.2, 0) is 19.1 Å². The minimum Gasteiger partial charge on any atom is -0.462 e. The Labute approximate surface area is 194 Å². The van der Waals surface area contributed by atoms with E-state index in [1.165, 1.54) is 12.1 Å². The number of allylic oxidation sites excluding steroid dienone is 2. The molecule has 0 fully saturated rings. The number of ether oxygens (including phenoxy) is 2. The van der Waals surface area contributed by atoms with Gasteiger partial charge in [-0.2, -0.15) is 0 Å². The van der Waals surface area contributed by atoms with E-state index in [4.69, 9.17) is 26.8 Å². The van der Waals surface area contributed by atoms with Crippen molar-refractivity contribution >= 4 is 29.0 Å². The van der Waals surface area contributed by atoms with Gasteiger partial charge in [0.1, 0.15) is 16.4 Å². The number of rotatable bonds is 5. The Morgan fingerprint density at radius 1 is 1.21 bits per heavy atom. The molecule has 9 heteroatoms. The summed E-state index contributed by atoms with van der Waals surface area (Å²) in [6.07, 6.45) is 0.600. The number of carbonyl (C=O) groups is 2. The summed E-state index contributed by atoms with van der Waals surface area (Å²) in [6.45, 7) is 1.72. The predicted octanol–water partition coefficient (Wildman–Crippen LogP) is 4.50. The van der Waals surface area contributed by atoms with Gasteiger partial charge in [-0.15, -0.1) is 0 Å². The predicted molar refractivity (Wildman–Crippen MR) is 120 cm³/mol. The topological polar surface area (TPSA) is 122 Å². The van der Waals surface area contributed by atoms with Crippen LogP contribution in [0.2, 0.25) is 5.02 Å². The number of halogens is 1. The molecule has 0 saturated carbocycles. The summed E-state index contributed by atoms with van der Waals surface area (Å²) in [7, 11) is 0. The van der Waals surface area contributed by atoms with Gasteiger partial charge in [-0.3, -0.25) is 14.9 Å². The number of carbonyl (C=O) groups excluding carboxylic acids is 2. The van der Waals surface area contributed by atoms with Gasteiger partial charge >= 0.3 is 5.97 Å². The van der Waals surface area contributed by atoms with E-state index in [0.29, 0.717) is 17.7 Å². The quantitative estimate of drug-likeness (QED) is 0.389. The van der Waals surface area contributed by atoms with E-state index in [9.17, 15) is 19.7 Å². The molecule has 0 unspecified atom stereocenters. The first kappa shape index (κ1) is 22.5. The molecule has 2 N–H and O–H groups in total. The van der Waals surface area contributed by atoms with Crippen molar-refractivity contribution in [2.45, 2.75) is 31.6 Å². The first-order valence-electron chi connectivity index (χ1n) is 10.4. The van der Waals surface area contributed by atoms with E-state index < -0.39 is 16.8 Å². The molecule has 2 aromatic rings. The summed E-state index contributed by atoms with van der Waals surface area (Å²) in [6, 6.07) is 13.7. The second kappa shape index (κ2) is 9.07. The minimum atomic E-state index is -0.965. The highest BCUT2D eigenvalue weighted by molar-refractivity contribution is 6.32. The molecule has 4 rings (SSSR count). The van der Waals surface area contributed by atoms with E-state index in [2.05, 4.69) is 0 Å². The summed E-state index contributed by atoms with van der Waals surface area (Å²) in [5.74, 6) is -1.88. The highest BCUT2D eigenvalue weighted by atomic mass is 35.5. The summed E-state index contributed by atoms with van der Waals surface area (Å²) < 4.78 is 11.0. The number of nitro groups is 1. The Balaban J connectivity index is 1.85. The first-order chi connectivity index (χ1) is 15.8. The lowest BCUT2D eigenvalue weighted by atomic mass is 9.73. The molecule has 8 nitrogen and oxygen atoms in total. The van der Waals surface area contributed by atoms with Crippen molar-refractivity contribution in [1.82, 2.24) is 0 Å². The second-order valence-corrected chi connectivity index (χ2v) is 8.18. The van der Waals surface area contributed by atoms with Crippen LogP contribution in [0.25, 0.3) is 0 Å². The van der Waals surface area contributed by atoms with Crippen molar-refractivity contribution in [2.75, 3.05) is 6.61 Å². The molecule has 0 radical (unpaired) electrons. The second-order valence-electron chi connectivity index (χ2n) is 7.78. The zero-order chi connectivity index (χ0) is 23.7. The fourth-order valence-electron chi connectivity index (χ4n) is 4.36. The summed E-state index contributed by atoms with van der Waals surface area (Å²) in [5, 5.41) is 11.4. The van der Waals surface area contributed by atoms with Gasteiger partial charge in [0.2, 0.25) is 5.88 Å². The molecule has 0 aromatic heterocycles. The average molecular weight is 469 g/mol. The number of ketones is 1. The number of nitrogens with zero attached hydrogens (tertiary/aromatic N) is 1. The van der Waals surface area contributed by atoms with E-state index in [0.717, 1.165) is 5.56 Å². The van der Waals surface area contributed by atoms with E-state index in [1.54, 1.807) is 13.0 Å². The molecule has 1 heterocycles. The maximum atomic E-state index is 13.4. The van der Waals surface area contributed by atoms with Crippen molar-refractivity contribution in [2.24, 2.45) is 5.73 Å². The smallest absolute Gasteiger partial charge is 0.340 e. The summed E-state index contributed by atoms with van der Waals surface area (Å²) >= 11 is 5.99. The molecular weight excluding hydrogens is 448 g/mol. The van der Waals surface area contributed by atoms with Crippen molar-refractivity contribution < 1.29 is 24.0 Å². The van der Waals surface area contributed by atoms with Gasteiger partial charge in [-0.1, -0.05) is 48.0 Å². The van der Waals surface area contributed by atoms with Gasteiger partial charge in [0.05, 0.1) is 17.4 Å². The molecule has 0 bridgehead atoms. The van der Waals surface area contributed by atoms with Crippen molar-refractivity contribution in [1.29, 1.82) is 0 Å². The van der Waals surface area contributed by atoms with Crippen molar-refractivity contribution in [3.63, 3.8) is 0 Å². The number of Topliss-reactive ketones (excluding diaryl/α,β-unsaturated/α-hetero) is 1. The Bertz CT molecular complexity index is 1200. The Morgan fingerprint density at radius 3 is 2.61 bits per heavy atom. The highest BCUT2D eigenvalue weighted by Crippen LogP contribution is 2.48. The maximum absolute atomic E-state index is 13.4. The van der Waals surface area contributed by atoms with Crippen LogP contribution in [0.1, 0.15) is 42.7 Å². The zero-order valence-electron chi connectivity index (χ0n) is 17.7. The van der Waals surface area contributed by atoms with Crippen LogP contribution in [0.5, 0.6) is 0 Å². The first-order valence-corrected chi connectivity index (χ1v) is 10.8. The Hall–Kier alpha value is -3.65. The van der Waals surface area contributed by atoms with Gasteiger partial charge in [0.15, 0.2) is 5.78 Å². The lowest BCUT2D eigenvalue weighted by molar-refractivity contribution is -0.384. The fraction of sp³-hybridized carbons (Fsp3) is 0.250. The SMILES string of the molecule is CCOC(=O)C1=C(N)OC2=C(C(=O)C[C@H](c3ccccc3)C2)[C@@H]1c1ccc(Cl)c([N+](=O)[O-])c1. The number of hydrogen-bond acceptors (Lipinski definition) is 7. The maximum Gasteiger partial charge on any atom is 0.340 e. The monoisotopic (exact) mass is 468 g/mol. The molecule has 170 valence electrons. The molecule has 1 aliphatic carbocycles. The number of nitro benzene ring substituents is 1. The van der Waals surface area contributed by atoms with Crippen LogP contribution in [0.15, 0.2) is 71.3 Å². The molecular formula is C24H21ClN2O6. The standard InChI is InChI=1S/C24H21ClN2O6/c1-2-32-24(29)22-20(14-8-9-16(25)17(10-14)27(30)31)21-18(28)11-15(12-19(21)33-23(22)26)13-6-4-3-5-7-13/h3-10,15,20H,2,11-12,26H2,1H3/t15-,20-/m0/s1. The summed E-state index contributed by atoms with van der Waals surface area (Å²) in [5.41, 5.74) is 7.34. The van der Waals surface area contributed by atoms with Crippen LogP contribution in [0, 0.1) is 10.1 Å². The highest BCUT2D eigenvalue weighted by Gasteiger charge is 2.43. The van der Waals surface area contributed by atoms with Gasteiger partial charge in [-0.05, 0) is 30.0 Å². The lowest BCUT2D eigenvalue weighted by Gasteiger charge is -2.35. The third kappa shape index (κ3) is 4.21. The van der Waals surface area contributed by atoms with Crippen LogP contribution in [-0.4, -0.2) is 23.3 Å². The van der Waals surface area contributed by atoms with E-state index >= 15 is 0 Å². The molecule has 0 saturated heterocycles. The third-order valence-electron chi connectivity index (χ3n) is 5.81. The third-order valence-corrected chi connectivity index (χ3v) is 6.13. The van der Waals surface area contributed by atoms with Crippen LogP contribution in [0.4, 0.5) is 5.69 Å². The van der Waals surface area contributed by atoms with Crippen molar-refractivity contribution in [3.05, 3.63) is 97.6 Å². The molecule has 2 atom stereocenters. The Kier molecular flexibility index (Phi) is 6.20. The van der Waals surface area contributed by atoms with Crippen molar-refractivity contribution in [3.8, 4) is 0 Å². The zero-order valence-corrected chi connectivity index (χ0v) is 18.5. The van der Waals surface area contributed by atoms with Gasteiger partial charge < -0.3 is 15.2 Å². The minimum absolute atomic E-state index is 0.0567. The fourth-order valence-corrected chi connectivity index (χ4v) is 4.55. The van der Waals surface area contributed by atoms with E-state index in [-0.39, 0.29) is 52.5 Å². The average Bonchev–Trinajstić information content (AvgIpc) is 2.79. The molecule has 2 aliphatic rings. The van der Waals surface area contributed by atoms with Gasteiger partial charge in [0, 0.05) is 24.5 Å². The van der Waals surface area contributed by atoms with E-state index in [1.807, 2.05) is 30.3 Å². The molecule has 33 heavy (non-hydrogen) atoms. The normalized spacial score (nSPS) is 20.2. The largest absolute Gasteiger partial charge is 0.462 e.